The molecular formula is C19H23NO3. The van der Waals surface area contributed by atoms with Crippen molar-refractivity contribution in [1.29, 1.82) is 0 Å². The van der Waals surface area contributed by atoms with Crippen molar-refractivity contribution >= 4 is 5.91 Å². The highest BCUT2D eigenvalue weighted by molar-refractivity contribution is 5.78. The lowest BCUT2D eigenvalue weighted by Gasteiger charge is -2.09. The molecule has 4 heteroatoms. The standard InChI is InChI=1S/C19H23NO3/c1-3-22-17-8-10-18(11-9-17)23-13-12-20-19(21)14-16-7-5-4-6-15(16)2/h4-11H,3,12-14H2,1-2H3,(H,20,21). The summed E-state index contributed by atoms with van der Waals surface area (Å²) in [6.07, 6.45) is 0.399. The van der Waals surface area contributed by atoms with Gasteiger partial charge in [-0.05, 0) is 49.2 Å². The quantitative estimate of drug-likeness (QED) is 0.762. The van der Waals surface area contributed by atoms with Crippen LogP contribution >= 0.6 is 0 Å². The molecule has 2 aromatic rings. The van der Waals surface area contributed by atoms with Crippen LogP contribution in [0.15, 0.2) is 48.5 Å². The van der Waals surface area contributed by atoms with Crippen molar-refractivity contribution in [2.75, 3.05) is 19.8 Å². The lowest BCUT2D eigenvalue weighted by Crippen LogP contribution is -2.29. The van der Waals surface area contributed by atoms with Gasteiger partial charge >= 0.3 is 0 Å². The number of ether oxygens (including phenoxy) is 2. The molecule has 1 N–H and O–H groups in total. The van der Waals surface area contributed by atoms with E-state index in [0.29, 0.717) is 26.2 Å². The first-order chi connectivity index (χ1) is 11.2. The minimum Gasteiger partial charge on any atom is -0.494 e. The third-order valence-electron chi connectivity index (χ3n) is 3.44. The third kappa shape index (κ3) is 5.66. The van der Waals surface area contributed by atoms with Gasteiger partial charge in [0.1, 0.15) is 18.1 Å². The summed E-state index contributed by atoms with van der Waals surface area (Å²) in [6.45, 7) is 5.53. The van der Waals surface area contributed by atoms with Crippen molar-refractivity contribution in [2.24, 2.45) is 0 Å². The molecule has 0 unspecified atom stereocenters. The smallest absolute Gasteiger partial charge is 0.224 e. The van der Waals surface area contributed by atoms with Gasteiger partial charge in [-0.25, -0.2) is 0 Å². The number of carbonyl (C=O) groups is 1. The summed E-state index contributed by atoms with van der Waals surface area (Å²) in [5.74, 6) is 1.60. The molecule has 0 fully saturated rings. The molecule has 0 saturated heterocycles. The molecule has 0 atom stereocenters. The fourth-order valence-electron chi connectivity index (χ4n) is 2.20. The predicted octanol–water partition coefficient (Wildman–Crippen LogP) is 3.13. The van der Waals surface area contributed by atoms with E-state index in [2.05, 4.69) is 5.32 Å². The molecule has 2 aromatic carbocycles. The van der Waals surface area contributed by atoms with Crippen molar-refractivity contribution in [3.8, 4) is 11.5 Å². The molecule has 122 valence electrons. The van der Waals surface area contributed by atoms with E-state index in [9.17, 15) is 4.79 Å². The average molecular weight is 313 g/mol. The van der Waals surface area contributed by atoms with Gasteiger partial charge in [-0.15, -0.1) is 0 Å². The third-order valence-corrected chi connectivity index (χ3v) is 3.44. The minimum absolute atomic E-state index is 0.00888. The first kappa shape index (κ1) is 16.9. The molecule has 0 saturated carbocycles. The van der Waals surface area contributed by atoms with Crippen molar-refractivity contribution < 1.29 is 14.3 Å². The molecule has 0 aromatic heterocycles. The number of rotatable bonds is 8. The van der Waals surface area contributed by atoms with Crippen molar-refractivity contribution in [1.82, 2.24) is 5.32 Å². The maximum Gasteiger partial charge on any atom is 0.224 e. The van der Waals surface area contributed by atoms with Gasteiger partial charge in [0.25, 0.3) is 0 Å². The van der Waals surface area contributed by atoms with E-state index in [1.165, 1.54) is 0 Å². The molecule has 0 aliphatic heterocycles. The second-order valence-electron chi connectivity index (χ2n) is 5.21. The maximum absolute atomic E-state index is 11.9. The topological polar surface area (TPSA) is 47.6 Å². The molecule has 0 bridgehead atoms. The Kier molecular flexibility index (Phi) is 6.48. The molecule has 0 aliphatic carbocycles. The van der Waals surface area contributed by atoms with E-state index >= 15 is 0 Å². The van der Waals surface area contributed by atoms with Gasteiger partial charge in [0, 0.05) is 0 Å². The van der Waals surface area contributed by atoms with Crippen LogP contribution in [0.5, 0.6) is 11.5 Å². The Labute approximate surface area is 137 Å². The number of nitrogens with one attached hydrogen (secondary N) is 1. The van der Waals surface area contributed by atoms with Crippen LogP contribution in [0.3, 0.4) is 0 Å². The van der Waals surface area contributed by atoms with E-state index in [1.54, 1.807) is 0 Å². The largest absolute Gasteiger partial charge is 0.494 e. The second kappa shape index (κ2) is 8.83. The Morgan fingerprint density at radius 1 is 1.00 bits per heavy atom. The molecule has 0 heterocycles. The summed E-state index contributed by atoms with van der Waals surface area (Å²) in [5.41, 5.74) is 2.19. The van der Waals surface area contributed by atoms with Crippen molar-refractivity contribution in [3.05, 3.63) is 59.7 Å². The highest BCUT2D eigenvalue weighted by atomic mass is 16.5. The number of hydrogen-bond acceptors (Lipinski definition) is 3. The SMILES string of the molecule is CCOc1ccc(OCCNC(=O)Cc2ccccc2C)cc1. The summed E-state index contributed by atoms with van der Waals surface area (Å²) < 4.78 is 11.0. The predicted molar refractivity (Wildman–Crippen MR) is 91.0 cm³/mol. The Bertz CT molecular complexity index is 623. The summed E-state index contributed by atoms with van der Waals surface area (Å²) in [4.78, 5) is 11.9. The van der Waals surface area contributed by atoms with E-state index in [0.717, 1.165) is 22.6 Å². The lowest BCUT2D eigenvalue weighted by molar-refractivity contribution is -0.120. The molecule has 2 rings (SSSR count). The number of aryl methyl sites for hydroxylation is 1. The zero-order chi connectivity index (χ0) is 16.5. The van der Waals surface area contributed by atoms with Gasteiger partial charge < -0.3 is 14.8 Å². The zero-order valence-electron chi connectivity index (χ0n) is 13.7. The lowest BCUT2D eigenvalue weighted by atomic mass is 10.1. The number of carbonyl (C=O) groups excluding carboxylic acids is 1. The summed E-state index contributed by atoms with van der Waals surface area (Å²) >= 11 is 0. The van der Waals surface area contributed by atoms with E-state index < -0.39 is 0 Å². The van der Waals surface area contributed by atoms with Gasteiger partial charge in [0.15, 0.2) is 0 Å². The molecular weight excluding hydrogens is 290 g/mol. The monoisotopic (exact) mass is 313 g/mol. The Hall–Kier alpha value is -2.49. The molecule has 0 aliphatic rings. The van der Waals surface area contributed by atoms with Crippen LogP contribution in [-0.2, 0) is 11.2 Å². The van der Waals surface area contributed by atoms with E-state index in [1.807, 2.05) is 62.4 Å². The molecule has 1 amide bonds. The number of hydrogen-bond donors (Lipinski definition) is 1. The number of amides is 1. The first-order valence-electron chi connectivity index (χ1n) is 7.86. The van der Waals surface area contributed by atoms with Gasteiger partial charge in [-0.2, -0.15) is 0 Å². The highest BCUT2D eigenvalue weighted by Gasteiger charge is 2.05. The van der Waals surface area contributed by atoms with E-state index in [-0.39, 0.29) is 5.91 Å². The molecule has 23 heavy (non-hydrogen) atoms. The average Bonchev–Trinajstić information content (AvgIpc) is 2.55. The van der Waals surface area contributed by atoms with Gasteiger partial charge in [-0.1, -0.05) is 24.3 Å². The second-order valence-corrected chi connectivity index (χ2v) is 5.21. The normalized spacial score (nSPS) is 10.2. The molecule has 0 radical (unpaired) electrons. The van der Waals surface area contributed by atoms with Crippen molar-refractivity contribution in [3.63, 3.8) is 0 Å². The fraction of sp³-hybridized carbons (Fsp3) is 0.316. The van der Waals surface area contributed by atoms with Crippen LogP contribution in [0.4, 0.5) is 0 Å². The minimum atomic E-state index is 0.00888. The fourth-order valence-corrected chi connectivity index (χ4v) is 2.20. The Morgan fingerprint density at radius 3 is 2.30 bits per heavy atom. The van der Waals surface area contributed by atoms with Crippen LogP contribution in [0.2, 0.25) is 0 Å². The van der Waals surface area contributed by atoms with Crippen LogP contribution in [0.1, 0.15) is 18.1 Å². The molecule has 4 nitrogen and oxygen atoms in total. The molecule has 0 spiro atoms. The Morgan fingerprint density at radius 2 is 1.65 bits per heavy atom. The maximum atomic E-state index is 11.9. The van der Waals surface area contributed by atoms with Crippen LogP contribution in [0, 0.1) is 6.92 Å². The van der Waals surface area contributed by atoms with Crippen molar-refractivity contribution in [2.45, 2.75) is 20.3 Å². The summed E-state index contributed by atoms with van der Waals surface area (Å²) in [5, 5.41) is 2.87. The van der Waals surface area contributed by atoms with Gasteiger partial charge in [0.2, 0.25) is 5.91 Å². The summed E-state index contributed by atoms with van der Waals surface area (Å²) in [6, 6.07) is 15.4. The number of benzene rings is 2. The van der Waals surface area contributed by atoms with Crippen LogP contribution < -0.4 is 14.8 Å². The highest BCUT2D eigenvalue weighted by Crippen LogP contribution is 2.17. The first-order valence-corrected chi connectivity index (χ1v) is 7.86. The van der Waals surface area contributed by atoms with Gasteiger partial charge in [-0.3, -0.25) is 4.79 Å². The van der Waals surface area contributed by atoms with E-state index in [4.69, 9.17) is 9.47 Å². The zero-order valence-corrected chi connectivity index (χ0v) is 13.7. The Balaban J connectivity index is 1.68. The van der Waals surface area contributed by atoms with Gasteiger partial charge in [0.05, 0.1) is 19.6 Å². The van der Waals surface area contributed by atoms with Crippen LogP contribution in [0.25, 0.3) is 0 Å². The van der Waals surface area contributed by atoms with Crippen LogP contribution in [-0.4, -0.2) is 25.7 Å². The summed E-state index contributed by atoms with van der Waals surface area (Å²) in [7, 11) is 0.